The van der Waals surface area contributed by atoms with Crippen LogP contribution in [0.1, 0.15) is 24.1 Å². The summed E-state index contributed by atoms with van der Waals surface area (Å²) in [5.74, 6) is 1.99. The first-order chi connectivity index (χ1) is 12.9. The molecule has 2 saturated heterocycles. The van der Waals surface area contributed by atoms with Crippen LogP contribution >= 0.6 is 0 Å². The van der Waals surface area contributed by atoms with E-state index in [-0.39, 0.29) is 0 Å². The van der Waals surface area contributed by atoms with Crippen LogP contribution in [-0.2, 0) is 12.8 Å². The van der Waals surface area contributed by atoms with Crippen LogP contribution in [0.15, 0.2) is 24.5 Å². The van der Waals surface area contributed by atoms with Gasteiger partial charge in [-0.15, -0.1) is 0 Å². The monoisotopic (exact) mass is 350 g/mol. The van der Waals surface area contributed by atoms with Crippen molar-refractivity contribution in [3.63, 3.8) is 0 Å². The summed E-state index contributed by atoms with van der Waals surface area (Å²) < 4.78 is 0. The van der Waals surface area contributed by atoms with E-state index in [1.165, 1.54) is 36.5 Å². The van der Waals surface area contributed by atoms with E-state index in [1.54, 1.807) is 6.20 Å². The van der Waals surface area contributed by atoms with Gasteiger partial charge in [0.1, 0.15) is 5.82 Å². The normalized spacial score (nSPS) is 23.4. The summed E-state index contributed by atoms with van der Waals surface area (Å²) in [5.41, 5.74) is 3.58. The van der Waals surface area contributed by atoms with E-state index in [1.807, 2.05) is 12.3 Å². The number of piperazine rings is 1. The van der Waals surface area contributed by atoms with E-state index in [2.05, 4.69) is 26.2 Å². The smallest absolute Gasteiger partial charge is 0.163 e. The van der Waals surface area contributed by atoms with E-state index in [4.69, 9.17) is 9.97 Å². The van der Waals surface area contributed by atoms with Crippen molar-refractivity contribution in [3.05, 3.63) is 35.8 Å². The molecule has 0 spiro atoms. The maximum Gasteiger partial charge on any atom is 0.163 e. The van der Waals surface area contributed by atoms with Gasteiger partial charge >= 0.3 is 0 Å². The Bertz CT molecular complexity index is 777. The number of nitrogens with zero attached hydrogens (tertiary/aromatic N) is 5. The zero-order valence-electron chi connectivity index (χ0n) is 15.2. The number of pyridine rings is 1. The summed E-state index contributed by atoms with van der Waals surface area (Å²) in [5, 5.41) is 3.51. The molecule has 136 valence electrons. The lowest BCUT2D eigenvalue weighted by atomic mass is 10.1. The van der Waals surface area contributed by atoms with Gasteiger partial charge in [-0.1, -0.05) is 0 Å². The van der Waals surface area contributed by atoms with Crippen LogP contribution in [0.2, 0.25) is 0 Å². The molecule has 1 N–H and O–H groups in total. The molecule has 2 aromatic rings. The Labute approximate surface area is 154 Å². The Morgan fingerprint density at radius 2 is 2.04 bits per heavy atom. The van der Waals surface area contributed by atoms with Crippen molar-refractivity contribution in [1.29, 1.82) is 0 Å². The van der Waals surface area contributed by atoms with Gasteiger partial charge in [-0.25, -0.2) is 9.97 Å². The Hall–Kier alpha value is -2.05. The molecule has 6 nitrogen and oxygen atoms in total. The molecule has 2 fully saturated rings. The summed E-state index contributed by atoms with van der Waals surface area (Å²) in [4.78, 5) is 19.4. The number of hydrogen-bond donors (Lipinski definition) is 1. The predicted octanol–water partition coefficient (Wildman–Crippen LogP) is 1.51. The van der Waals surface area contributed by atoms with Crippen molar-refractivity contribution in [2.45, 2.75) is 31.7 Å². The van der Waals surface area contributed by atoms with Crippen LogP contribution in [0.4, 0.5) is 5.82 Å². The summed E-state index contributed by atoms with van der Waals surface area (Å²) >= 11 is 0. The van der Waals surface area contributed by atoms with Gasteiger partial charge in [0.25, 0.3) is 0 Å². The van der Waals surface area contributed by atoms with Crippen LogP contribution in [0.5, 0.6) is 0 Å². The number of nitrogens with one attached hydrogen (secondary N) is 1. The van der Waals surface area contributed by atoms with Gasteiger partial charge in [0.05, 0.1) is 5.69 Å². The van der Waals surface area contributed by atoms with E-state index in [9.17, 15) is 0 Å². The van der Waals surface area contributed by atoms with Gasteiger partial charge in [-0.05, 0) is 44.5 Å². The predicted molar refractivity (Wildman–Crippen MR) is 102 cm³/mol. The van der Waals surface area contributed by atoms with Gasteiger partial charge in [0.2, 0.25) is 0 Å². The van der Waals surface area contributed by atoms with Gasteiger partial charge in [-0.3, -0.25) is 9.88 Å². The van der Waals surface area contributed by atoms with Crippen molar-refractivity contribution in [1.82, 2.24) is 25.2 Å². The molecule has 0 radical (unpaired) electrons. The van der Waals surface area contributed by atoms with Gasteiger partial charge in [-0.2, -0.15) is 0 Å². The molecule has 3 aliphatic heterocycles. The molecule has 0 aromatic carbocycles. The van der Waals surface area contributed by atoms with E-state index < -0.39 is 0 Å². The van der Waals surface area contributed by atoms with E-state index >= 15 is 0 Å². The summed E-state index contributed by atoms with van der Waals surface area (Å²) in [6.45, 7) is 6.60. The average Bonchev–Trinajstić information content (AvgIpc) is 3.03. The van der Waals surface area contributed by atoms with Crippen LogP contribution in [0.3, 0.4) is 0 Å². The molecule has 6 heteroatoms. The largest absolute Gasteiger partial charge is 0.353 e. The van der Waals surface area contributed by atoms with Crippen molar-refractivity contribution >= 4 is 5.82 Å². The molecule has 0 bridgehead atoms. The maximum absolute atomic E-state index is 5.06. The Morgan fingerprint density at radius 1 is 1.08 bits per heavy atom. The molecule has 0 saturated carbocycles. The third kappa shape index (κ3) is 2.97. The number of fused-ring (bicyclic) bond motifs is 2. The molecule has 0 amide bonds. The van der Waals surface area contributed by atoms with Gasteiger partial charge < -0.3 is 10.2 Å². The highest BCUT2D eigenvalue weighted by Gasteiger charge is 2.32. The highest BCUT2D eigenvalue weighted by molar-refractivity contribution is 5.60. The topological polar surface area (TPSA) is 57.2 Å². The lowest BCUT2D eigenvalue weighted by Crippen LogP contribution is -2.50. The fraction of sp³-hybridized carbons (Fsp3) is 0.550. The zero-order chi connectivity index (χ0) is 17.3. The highest BCUT2D eigenvalue weighted by atomic mass is 15.3. The minimum absolute atomic E-state index is 0.695. The Kier molecular flexibility index (Phi) is 4.30. The summed E-state index contributed by atoms with van der Waals surface area (Å²) in [6, 6.07) is 4.71. The zero-order valence-corrected chi connectivity index (χ0v) is 15.2. The Balaban J connectivity index is 1.56. The SMILES string of the molecule is c1cncc(-c2nc3c(c(N4CCN5CCCC5C4)n2)CCNCC3)c1. The van der Waals surface area contributed by atoms with Crippen molar-refractivity contribution in [2.75, 3.05) is 44.2 Å². The number of hydrogen-bond acceptors (Lipinski definition) is 6. The molecule has 5 rings (SSSR count). The third-order valence-corrected chi connectivity index (χ3v) is 5.97. The lowest BCUT2D eigenvalue weighted by Gasteiger charge is -2.39. The van der Waals surface area contributed by atoms with Gasteiger partial charge in [0, 0.05) is 62.2 Å². The molecule has 26 heavy (non-hydrogen) atoms. The second-order valence-electron chi connectivity index (χ2n) is 7.57. The molecular weight excluding hydrogens is 324 g/mol. The third-order valence-electron chi connectivity index (χ3n) is 5.97. The van der Waals surface area contributed by atoms with E-state index in [0.717, 1.165) is 57.0 Å². The lowest BCUT2D eigenvalue weighted by molar-refractivity contribution is 0.230. The summed E-state index contributed by atoms with van der Waals surface area (Å²) in [7, 11) is 0. The van der Waals surface area contributed by atoms with Crippen molar-refractivity contribution in [2.24, 2.45) is 0 Å². The molecule has 0 aliphatic carbocycles. The molecular formula is C20H26N6. The first kappa shape index (κ1) is 16.1. The van der Waals surface area contributed by atoms with Crippen LogP contribution in [0.25, 0.3) is 11.4 Å². The van der Waals surface area contributed by atoms with Crippen molar-refractivity contribution in [3.8, 4) is 11.4 Å². The van der Waals surface area contributed by atoms with E-state index in [0.29, 0.717) is 6.04 Å². The first-order valence-electron chi connectivity index (χ1n) is 9.88. The second-order valence-corrected chi connectivity index (χ2v) is 7.57. The van der Waals surface area contributed by atoms with Gasteiger partial charge in [0.15, 0.2) is 5.82 Å². The van der Waals surface area contributed by atoms with Crippen LogP contribution in [0, 0.1) is 0 Å². The first-order valence-corrected chi connectivity index (χ1v) is 9.88. The summed E-state index contributed by atoms with van der Waals surface area (Å²) in [6.07, 6.45) is 8.32. The maximum atomic E-state index is 5.06. The molecule has 3 aliphatic rings. The average molecular weight is 350 g/mol. The minimum Gasteiger partial charge on any atom is -0.353 e. The standard InChI is InChI=1S/C20H26N6/c1-3-15(13-22-7-1)19-23-18-6-9-21-8-5-17(18)20(24-19)26-12-11-25-10-2-4-16(25)14-26/h1,3,7,13,16,21H,2,4-6,8-12,14H2. The molecule has 5 heterocycles. The fourth-order valence-electron chi connectivity index (χ4n) is 4.59. The molecule has 1 unspecified atom stereocenters. The minimum atomic E-state index is 0.695. The number of rotatable bonds is 2. The second kappa shape index (κ2) is 6.93. The number of aromatic nitrogens is 3. The van der Waals surface area contributed by atoms with Crippen LogP contribution < -0.4 is 10.2 Å². The highest BCUT2D eigenvalue weighted by Crippen LogP contribution is 2.30. The molecule has 2 aromatic heterocycles. The number of anilines is 1. The van der Waals surface area contributed by atoms with Crippen molar-refractivity contribution < 1.29 is 0 Å². The van der Waals surface area contributed by atoms with Crippen LogP contribution in [-0.4, -0.2) is 65.2 Å². The fourth-order valence-corrected chi connectivity index (χ4v) is 4.59. The Morgan fingerprint density at radius 3 is 2.96 bits per heavy atom. The quantitative estimate of drug-likeness (QED) is 0.886. The molecule has 1 atom stereocenters.